The molecule has 2 unspecified atom stereocenters. The third-order valence-corrected chi connectivity index (χ3v) is 5.91. The van der Waals surface area contributed by atoms with E-state index < -0.39 is 0 Å². The van der Waals surface area contributed by atoms with E-state index in [2.05, 4.69) is 0 Å². The molecule has 31 heavy (non-hydrogen) atoms. The van der Waals surface area contributed by atoms with Crippen molar-refractivity contribution in [3.63, 3.8) is 0 Å². The SMILES string of the molecule is COc1ccc(C(=O)N2c3ccccc3CC(N(C(C)=O)c3ccccc3)C2C)cc1. The van der Waals surface area contributed by atoms with Crippen molar-refractivity contribution < 1.29 is 14.3 Å². The predicted octanol–water partition coefficient (Wildman–Crippen LogP) is 4.71. The van der Waals surface area contributed by atoms with Crippen molar-refractivity contribution in [1.82, 2.24) is 0 Å². The van der Waals surface area contributed by atoms with Gasteiger partial charge in [0.05, 0.1) is 19.2 Å². The van der Waals surface area contributed by atoms with Gasteiger partial charge in [-0.15, -0.1) is 0 Å². The largest absolute Gasteiger partial charge is 0.497 e. The smallest absolute Gasteiger partial charge is 0.258 e. The van der Waals surface area contributed by atoms with Gasteiger partial charge in [-0.25, -0.2) is 0 Å². The number of para-hydroxylation sites is 2. The van der Waals surface area contributed by atoms with E-state index >= 15 is 0 Å². The number of nitrogens with zero attached hydrogens (tertiary/aromatic N) is 2. The van der Waals surface area contributed by atoms with Gasteiger partial charge in [0.25, 0.3) is 5.91 Å². The monoisotopic (exact) mass is 414 g/mol. The fraction of sp³-hybridized carbons (Fsp3) is 0.231. The number of rotatable bonds is 4. The molecule has 2 atom stereocenters. The van der Waals surface area contributed by atoms with Crippen LogP contribution in [0.25, 0.3) is 0 Å². The fourth-order valence-corrected chi connectivity index (χ4v) is 4.38. The van der Waals surface area contributed by atoms with Gasteiger partial charge in [-0.1, -0.05) is 36.4 Å². The first-order chi connectivity index (χ1) is 15.0. The third-order valence-electron chi connectivity index (χ3n) is 5.91. The summed E-state index contributed by atoms with van der Waals surface area (Å²) in [7, 11) is 1.60. The lowest BCUT2D eigenvalue weighted by molar-refractivity contribution is -0.117. The van der Waals surface area contributed by atoms with Gasteiger partial charge < -0.3 is 14.5 Å². The van der Waals surface area contributed by atoms with E-state index in [1.165, 1.54) is 0 Å². The number of ether oxygens (including phenoxy) is 1. The van der Waals surface area contributed by atoms with Crippen molar-refractivity contribution in [3.8, 4) is 5.75 Å². The molecule has 0 radical (unpaired) electrons. The Bertz CT molecular complexity index is 1080. The summed E-state index contributed by atoms with van der Waals surface area (Å²) in [6.45, 7) is 3.59. The second-order valence-corrected chi connectivity index (χ2v) is 7.77. The maximum atomic E-state index is 13.6. The highest BCUT2D eigenvalue weighted by molar-refractivity contribution is 6.07. The predicted molar refractivity (Wildman–Crippen MR) is 123 cm³/mol. The van der Waals surface area contributed by atoms with Crippen LogP contribution in [0, 0.1) is 0 Å². The standard InChI is InChI=1S/C26H26N2O3/c1-18-25(28(19(2)29)22-10-5-4-6-11-22)17-21-9-7-8-12-24(21)27(18)26(30)20-13-15-23(31-3)16-14-20/h4-16,18,25H,17H2,1-3H3. The first kappa shape index (κ1) is 20.7. The average Bonchev–Trinajstić information content (AvgIpc) is 2.80. The van der Waals surface area contributed by atoms with E-state index in [-0.39, 0.29) is 23.9 Å². The van der Waals surface area contributed by atoms with Crippen molar-refractivity contribution in [2.75, 3.05) is 16.9 Å². The molecule has 3 aromatic rings. The molecule has 0 saturated heterocycles. The van der Waals surface area contributed by atoms with Crippen molar-refractivity contribution in [1.29, 1.82) is 0 Å². The number of anilines is 2. The molecule has 0 spiro atoms. The van der Waals surface area contributed by atoms with Crippen LogP contribution in [0.2, 0.25) is 0 Å². The molecule has 0 aromatic heterocycles. The van der Waals surface area contributed by atoms with Gasteiger partial charge in [-0.3, -0.25) is 9.59 Å². The minimum absolute atomic E-state index is 0.0423. The van der Waals surface area contributed by atoms with Crippen molar-refractivity contribution in [2.45, 2.75) is 32.4 Å². The summed E-state index contributed by atoms with van der Waals surface area (Å²) in [5.41, 5.74) is 3.36. The van der Waals surface area contributed by atoms with Crippen LogP contribution in [-0.4, -0.2) is 31.0 Å². The second-order valence-electron chi connectivity index (χ2n) is 7.77. The molecule has 0 saturated carbocycles. The normalized spacial score (nSPS) is 17.6. The highest BCUT2D eigenvalue weighted by Gasteiger charge is 2.39. The fourth-order valence-electron chi connectivity index (χ4n) is 4.38. The molecule has 1 aliphatic rings. The molecule has 3 aromatic carbocycles. The van der Waals surface area contributed by atoms with Crippen LogP contribution < -0.4 is 14.5 Å². The first-order valence-corrected chi connectivity index (χ1v) is 10.4. The van der Waals surface area contributed by atoms with Crippen molar-refractivity contribution in [2.24, 2.45) is 0 Å². The van der Waals surface area contributed by atoms with E-state index in [4.69, 9.17) is 4.74 Å². The summed E-state index contributed by atoms with van der Waals surface area (Å²) < 4.78 is 5.23. The number of benzene rings is 3. The van der Waals surface area contributed by atoms with Gasteiger partial charge in [0.2, 0.25) is 5.91 Å². The van der Waals surface area contributed by atoms with Crippen LogP contribution in [0.4, 0.5) is 11.4 Å². The first-order valence-electron chi connectivity index (χ1n) is 10.4. The Morgan fingerprint density at radius 2 is 1.58 bits per heavy atom. The Balaban J connectivity index is 1.77. The maximum Gasteiger partial charge on any atom is 0.258 e. The summed E-state index contributed by atoms with van der Waals surface area (Å²) in [5, 5.41) is 0. The van der Waals surface area contributed by atoms with Gasteiger partial charge in [0, 0.05) is 23.9 Å². The van der Waals surface area contributed by atoms with Crippen LogP contribution >= 0.6 is 0 Å². The van der Waals surface area contributed by atoms with E-state index in [1.807, 2.05) is 71.3 Å². The number of hydrogen-bond acceptors (Lipinski definition) is 3. The minimum atomic E-state index is -0.214. The zero-order valence-electron chi connectivity index (χ0n) is 18.0. The van der Waals surface area contributed by atoms with Crippen LogP contribution in [0.5, 0.6) is 5.75 Å². The van der Waals surface area contributed by atoms with E-state index in [0.717, 1.165) is 16.9 Å². The average molecular weight is 415 g/mol. The Morgan fingerprint density at radius 3 is 2.23 bits per heavy atom. The Labute approximate surface area is 182 Å². The number of carbonyl (C=O) groups excluding carboxylic acids is 2. The molecular formula is C26H26N2O3. The zero-order valence-corrected chi connectivity index (χ0v) is 18.0. The van der Waals surface area contributed by atoms with Crippen molar-refractivity contribution >= 4 is 23.2 Å². The summed E-state index contributed by atoms with van der Waals surface area (Å²) in [6.07, 6.45) is 0.679. The van der Waals surface area contributed by atoms with Gasteiger partial charge in [0.1, 0.15) is 5.75 Å². The third kappa shape index (κ3) is 3.91. The highest BCUT2D eigenvalue weighted by Crippen LogP contribution is 2.36. The maximum absolute atomic E-state index is 13.6. The van der Waals surface area contributed by atoms with E-state index in [1.54, 1.807) is 38.3 Å². The van der Waals surface area contributed by atoms with Gasteiger partial charge in [0.15, 0.2) is 0 Å². The molecule has 1 aliphatic heterocycles. The minimum Gasteiger partial charge on any atom is -0.497 e. The lowest BCUT2D eigenvalue weighted by Gasteiger charge is -2.45. The van der Waals surface area contributed by atoms with Gasteiger partial charge in [-0.05, 0) is 61.4 Å². The lowest BCUT2D eigenvalue weighted by Crippen LogP contribution is -2.57. The topological polar surface area (TPSA) is 49.9 Å². The zero-order chi connectivity index (χ0) is 22.0. The molecule has 158 valence electrons. The second kappa shape index (κ2) is 8.64. The number of amides is 2. The van der Waals surface area contributed by atoms with Crippen LogP contribution in [-0.2, 0) is 11.2 Å². The number of methoxy groups -OCH3 is 1. The Kier molecular flexibility index (Phi) is 5.76. The summed E-state index contributed by atoms with van der Waals surface area (Å²) in [4.78, 5) is 30.0. The Hall–Kier alpha value is -3.60. The molecule has 0 aliphatic carbocycles. The number of fused-ring (bicyclic) bond motifs is 1. The van der Waals surface area contributed by atoms with Gasteiger partial charge in [-0.2, -0.15) is 0 Å². The van der Waals surface area contributed by atoms with Crippen LogP contribution in [0.1, 0.15) is 29.8 Å². The van der Waals surface area contributed by atoms with Crippen LogP contribution in [0.3, 0.4) is 0 Å². The highest BCUT2D eigenvalue weighted by atomic mass is 16.5. The van der Waals surface area contributed by atoms with E-state index in [9.17, 15) is 9.59 Å². The van der Waals surface area contributed by atoms with E-state index in [0.29, 0.717) is 17.7 Å². The van der Waals surface area contributed by atoms with Crippen LogP contribution in [0.15, 0.2) is 78.9 Å². The molecule has 5 heteroatoms. The number of carbonyl (C=O) groups is 2. The summed E-state index contributed by atoms with van der Waals surface area (Å²) in [5.74, 6) is 0.566. The van der Waals surface area contributed by atoms with Gasteiger partial charge >= 0.3 is 0 Å². The molecule has 2 amide bonds. The molecular weight excluding hydrogens is 388 g/mol. The lowest BCUT2D eigenvalue weighted by atomic mass is 9.89. The summed E-state index contributed by atoms with van der Waals surface area (Å²) >= 11 is 0. The molecule has 0 fully saturated rings. The molecule has 0 N–H and O–H groups in total. The molecule has 5 nitrogen and oxygen atoms in total. The molecule has 0 bridgehead atoms. The summed E-state index contributed by atoms with van der Waals surface area (Å²) in [6, 6.07) is 24.3. The Morgan fingerprint density at radius 1 is 0.935 bits per heavy atom. The molecule has 4 rings (SSSR count). The quantitative estimate of drug-likeness (QED) is 0.621. The number of hydrogen-bond donors (Lipinski definition) is 0. The molecule has 1 heterocycles. The van der Waals surface area contributed by atoms with Crippen molar-refractivity contribution in [3.05, 3.63) is 90.0 Å².